The zero-order chi connectivity index (χ0) is 14.1. The number of benzene rings is 1. The van der Waals surface area contributed by atoms with Gasteiger partial charge in [0.2, 0.25) is 0 Å². The third-order valence-corrected chi connectivity index (χ3v) is 4.08. The standard InChI is InChI=1S/C15H20FN3O/c16-14-7-11(15(17)18-20)3-4-12(14)9-19(13-5-6-13)8-10-1-2-10/h3-4,7,10,13,20H,1-2,5-6,8-9H2,(H2,17,18). The minimum Gasteiger partial charge on any atom is -0.409 e. The molecule has 3 N–H and O–H groups in total. The minimum absolute atomic E-state index is 0.0625. The van der Waals surface area contributed by atoms with E-state index >= 15 is 0 Å². The summed E-state index contributed by atoms with van der Waals surface area (Å²) in [6.45, 7) is 1.75. The normalized spacial score (nSPS) is 19.6. The molecule has 5 heteroatoms. The molecule has 2 fully saturated rings. The number of amidine groups is 1. The second kappa shape index (κ2) is 5.40. The summed E-state index contributed by atoms with van der Waals surface area (Å²) in [5.41, 5.74) is 6.57. The van der Waals surface area contributed by atoms with Gasteiger partial charge in [-0.15, -0.1) is 0 Å². The van der Waals surface area contributed by atoms with Crippen molar-refractivity contribution in [1.82, 2.24) is 4.90 Å². The van der Waals surface area contributed by atoms with E-state index < -0.39 is 0 Å². The molecule has 2 aliphatic carbocycles. The second-order valence-corrected chi connectivity index (χ2v) is 5.90. The van der Waals surface area contributed by atoms with E-state index in [0.29, 0.717) is 23.7 Å². The summed E-state index contributed by atoms with van der Waals surface area (Å²) >= 11 is 0. The smallest absolute Gasteiger partial charge is 0.170 e. The fourth-order valence-electron chi connectivity index (χ4n) is 2.53. The number of halogens is 1. The Morgan fingerprint density at radius 2 is 2.10 bits per heavy atom. The number of hydrogen-bond donors (Lipinski definition) is 2. The van der Waals surface area contributed by atoms with Crippen LogP contribution in [0.1, 0.15) is 36.8 Å². The average Bonchev–Trinajstić information content (AvgIpc) is 3.31. The van der Waals surface area contributed by atoms with Crippen molar-refractivity contribution in [3.63, 3.8) is 0 Å². The van der Waals surface area contributed by atoms with E-state index in [-0.39, 0.29) is 11.7 Å². The summed E-state index contributed by atoms with van der Waals surface area (Å²) < 4.78 is 14.1. The van der Waals surface area contributed by atoms with Gasteiger partial charge in [-0.05, 0) is 37.7 Å². The molecule has 0 aromatic heterocycles. The number of rotatable bonds is 6. The molecular weight excluding hydrogens is 257 g/mol. The Hall–Kier alpha value is -1.62. The molecule has 20 heavy (non-hydrogen) atoms. The monoisotopic (exact) mass is 277 g/mol. The summed E-state index contributed by atoms with van der Waals surface area (Å²) in [6, 6.07) is 5.42. The van der Waals surface area contributed by atoms with Crippen LogP contribution in [-0.2, 0) is 6.54 Å². The van der Waals surface area contributed by atoms with Crippen molar-refractivity contribution in [3.8, 4) is 0 Å². The minimum atomic E-state index is -0.282. The summed E-state index contributed by atoms with van der Waals surface area (Å²) in [4.78, 5) is 2.40. The Balaban J connectivity index is 1.72. The van der Waals surface area contributed by atoms with Gasteiger partial charge in [-0.2, -0.15) is 0 Å². The highest BCUT2D eigenvalue weighted by atomic mass is 19.1. The van der Waals surface area contributed by atoms with Crippen LogP contribution in [0.5, 0.6) is 0 Å². The molecule has 0 bridgehead atoms. The summed E-state index contributed by atoms with van der Waals surface area (Å²) in [5, 5.41) is 11.5. The highest BCUT2D eigenvalue weighted by Crippen LogP contribution is 2.35. The Morgan fingerprint density at radius 3 is 2.65 bits per heavy atom. The fourth-order valence-corrected chi connectivity index (χ4v) is 2.53. The van der Waals surface area contributed by atoms with Crippen LogP contribution in [0.3, 0.4) is 0 Å². The Labute approximate surface area is 118 Å². The molecule has 0 saturated heterocycles. The number of nitrogens with zero attached hydrogens (tertiary/aromatic N) is 2. The molecule has 0 radical (unpaired) electrons. The maximum absolute atomic E-state index is 14.1. The van der Waals surface area contributed by atoms with Gasteiger partial charge in [0.25, 0.3) is 0 Å². The number of oxime groups is 1. The first kappa shape index (κ1) is 13.4. The van der Waals surface area contributed by atoms with Crippen molar-refractivity contribution in [2.75, 3.05) is 6.54 Å². The molecule has 0 heterocycles. The molecule has 1 aromatic carbocycles. The number of hydrogen-bond acceptors (Lipinski definition) is 3. The maximum atomic E-state index is 14.1. The van der Waals surface area contributed by atoms with Gasteiger partial charge in [0.1, 0.15) is 5.82 Å². The van der Waals surface area contributed by atoms with Crippen LogP contribution in [0.4, 0.5) is 4.39 Å². The van der Waals surface area contributed by atoms with Gasteiger partial charge >= 0.3 is 0 Å². The van der Waals surface area contributed by atoms with Crippen molar-refractivity contribution >= 4 is 5.84 Å². The summed E-state index contributed by atoms with van der Waals surface area (Å²) in [6.07, 6.45) is 5.09. The first-order chi connectivity index (χ1) is 9.67. The van der Waals surface area contributed by atoms with E-state index in [0.717, 1.165) is 12.5 Å². The quantitative estimate of drug-likeness (QED) is 0.363. The highest BCUT2D eigenvalue weighted by Gasteiger charge is 2.33. The molecule has 108 valence electrons. The van der Waals surface area contributed by atoms with Crippen LogP contribution >= 0.6 is 0 Å². The largest absolute Gasteiger partial charge is 0.409 e. The lowest BCUT2D eigenvalue weighted by atomic mass is 10.1. The Morgan fingerprint density at radius 1 is 1.35 bits per heavy atom. The van der Waals surface area contributed by atoms with Gasteiger partial charge in [-0.1, -0.05) is 17.3 Å². The molecule has 0 amide bonds. The zero-order valence-electron chi connectivity index (χ0n) is 11.4. The topological polar surface area (TPSA) is 61.9 Å². The van der Waals surface area contributed by atoms with E-state index in [1.54, 1.807) is 12.1 Å². The van der Waals surface area contributed by atoms with Crippen molar-refractivity contribution in [3.05, 3.63) is 35.1 Å². The van der Waals surface area contributed by atoms with E-state index in [1.807, 2.05) is 0 Å². The van der Waals surface area contributed by atoms with Crippen molar-refractivity contribution in [1.29, 1.82) is 0 Å². The van der Waals surface area contributed by atoms with E-state index in [2.05, 4.69) is 10.1 Å². The van der Waals surface area contributed by atoms with E-state index in [9.17, 15) is 4.39 Å². The summed E-state index contributed by atoms with van der Waals surface area (Å²) in [5.74, 6) is 0.470. The van der Waals surface area contributed by atoms with Crippen LogP contribution < -0.4 is 5.73 Å². The number of nitrogens with two attached hydrogens (primary N) is 1. The molecule has 3 rings (SSSR count). The molecule has 0 aliphatic heterocycles. The van der Waals surface area contributed by atoms with Gasteiger partial charge in [0.05, 0.1) is 0 Å². The third-order valence-electron chi connectivity index (χ3n) is 4.08. The first-order valence-electron chi connectivity index (χ1n) is 7.17. The first-order valence-corrected chi connectivity index (χ1v) is 7.17. The van der Waals surface area contributed by atoms with E-state index in [4.69, 9.17) is 10.9 Å². The molecule has 0 unspecified atom stereocenters. The zero-order valence-corrected chi connectivity index (χ0v) is 11.4. The molecule has 0 atom stereocenters. The molecule has 1 aromatic rings. The predicted octanol–water partition coefficient (Wildman–Crippen LogP) is 2.29. The lowest BCUT2D eigenvalue weighted by molar-refractivity contribution is 0.241. The fraction of sp³-hybridized carbons (Fsp3) is 0.533. The predicted molar refractivity (Wildman–Crippen MR) is 75.1 cm³/mol. The van der Waals surface area contributed by atoms with Crippen LogP contribution in [0.15, 0.2) is 23.4 Å². The lowest BCUT2D eigenvalue weighted by Gasteiger charge is -2.22. The lowest BCUT2D eigenvalue weighted by Crippen LogP contribution is -2.28. The Bertz CT molecular complexity index is 524. The van der Waals surface area contributed by atoms with Crippen LogP contribution in [-0.4, -0.2) is 28.5 Å². The maximum Gasteiger partial charge on any atom is 0.170 e. The van der Waals surface area contributed by atoms with Gasteiger partial charge in [0, 0.05) is 30.3 Å². The summed E-state index contributed by atoms with van der Waals surface area (Å²) in [7, 11) is 0. The Kier molecular flexibility index (Phi) is 3.61. The van der Waals surface area contributed by atoms with Crippen LogP contribution in [0.2, 0.25) is 0 Å². The van der Waals surface area contributed by atoms with Gasteiger partial charge in [-0.3, -0.25) is 4.90 Å². The van der Waals surface area contributed by atoms with Crippen molar-refractivity contribution in [2.24, 2.45) is 16.8 Å². The average molecular weight is 277 g/mol. The molecule has 2 aliphatic rings. The van der Waals surface area contributed by atoms with Crippen LogP contribution in [0, 0.1) is 11.7 Å². The second-order valence-electron chi connectivity index (χ2n) is 5.90. The molecule has 2 saturated carbocycles. The highest BCUT2D eigenvalue weighted by molar-refractivity contribution is 5.97. The van der Waals surface area contributed by atoms with Crippen molar-refractivity contribution in [2.45, 2.75) is 38.3 Å². The van der Waals surface area contributed by atoms with Gasteiger partial charge in [0.15, 0.2) is 5.84 Å². The van der Waals surface area contributed by atoms with Crippen LogP contribution in [0.25, 0.3) is 0 Å². The molecular formula is C15H20FN3O. The van der Waals surface area contributed by atoms with Gasteiger partial charge < -0.3 is 10.9 Å². The third kappa shape index (κ3) is 3.10. The molecule has 4 nitrogen and oxygen atoms in total. The van der Waals surface area contributed by atoms with E-state index in [1.165, 1.54) is 31.7 Å². The van der Waals surface area contributed by atoms with Gasteiger partial charge in [-0.25, -0.2) is 4.39 Å². The SMILES string of the molecule is NC(=NO)c1ccc(CN(CC2CC2)C2CC2)c(F)c1. The van der Waals surface area contributed by atoms with Crippen molar-refractivity contribution < 1.29 is 9.60 Å². The molecule has 0 spiro atoms.